The summed E-state index contributed by atoms with van der Waals surface area (Å²) in [6.45, 7) is 0. The fraction of sp³-hybridized carbons (Fsp3) is 0.154. The molecule has 0 fully saturated rings. The van der Waals surface area contributed by atoms with Gasteiger partial charge in [0.25, 0.3) is 12.0 Å². The molecule has 0 saturated heterocycles. The molecule has 0 N–H and O–H groups in total. The van der Waals surface area contributed by atoms with Gasteiger partial charge >= 0.3 is 6.36 Å². The van der Waals surface area contributed by atoms with Crippen LogP contribution in [0.3, 0.4) is 0 Å². The Kier molecular flexibility index (Phi) is 3.97. The standard InChI is InChI=1S/C13H8F5NO2/c14-12(15)8-1-6-11(20)19(7-8)9-2-4-10(5-3-9)21-13(16,17)18/h1-7,12H. The van der Waals surface area contributed by atoms with Crippen molar-refractivity contribution in [2.75, 3.05) is 0 Å². The maximum atomic E-state index is 12.6. The van der Waals surface area contributed by atoms with E-state index in [2.05, 4.69) is 4.74 Å². The number of alkyl halides is 5. The van der Waals surface area contributed by atoms with Crippen molar-refractivity contribution in [2.45, 2.75) is 12.8 Å². The number of hydrogen-bond acceptors (Lipinski definition) is 2. The first-order valence-electron chi connectivity index (χ1n) is 5.63. The highest BCUT2D eigenvalue weighted by atomic mass is 19.4. The normalized spacial score (nSPS) is 11.7. The highest BCUT2D eigenvalue weighted by Gasteiger charge is 2.30. The molecule has 8 heteroatoms. The predicted octanol–water partition coefficient (Wildman–Crippen LogP) is 3.67. The van der Waals surface area contributed by atoms with Crippen molar-refractivity contribution in [1.82, 2.24) is 4.57 Å². The monoisotopic (exact) mass is 305 g/mol. The summed E-state index contributed by atoms with van der Waals surface area (Å²) in [4.78, 5) is 11.6. The van der Waals surface area contributed by atoms with E-state index in [0.717, 1.165) is 47.2 Å². The van der Waals surface area contributed by atoms with E-state index < -0.39 is 24.1 Å². The first kappa shape index (κ1) is 15.0. The zero-order valence-electron chi connectivity index (χ0n) is 10.3. The molecule has 0 saturated carbocycles. The first-order valence-corrected chi connectivity index (χ1v) is 5.63. The van der Waals surface area contributed by atoms with Crippen molar-refractivity contribution in [3.05, 3.63) is 58.5 Å². The third-order valence-electron chi connectivity index (χ3n) is 2.53. The van der Waals surface area contributed by atoms with Gasteiger partial charge in [0, 0.05) is 23.5 Å². The van der Waals surface area contributed by atoms with Crippen molar-refractivity contribution < 1.29 is 26.7 Å². The Morgan fingerprint density at radius 3 is 2.14 bits per heavy atom. The Morgan fingerprint density at radius 1 is 1.00 bits per heavy atom. The largest absolute Gasteiger partial charge is 0.573 e. The van der Waals surface area contributed by atoms with Crippen LogP contribution in [-0.4, -0.2) is 10.9 Å². The molecular formula is C13H8F5NO2. The van der Waals surface area contributed by atoms with E-state index in [4.69, 9.17) is 0 Å². The van der Waals surface area contributed by atoms with Crippen molar-refractivity contribution in [3.8, 4) is 11.4 Å². The molecule has 0 unspecified atom stereocenters. The molecule has 1 heterocycles. The fourth-order valence-electron chi connectivity index (χ4n) is 1.64. The number of halogens is 5. The minimum atomic E-state index is -4.83. The van der Waals surface area contributed by atoms with Crippen molar-refractivity contribution >= 4 is 0 Å². The average molecular weight is 305 g/mol. The first-order chi connectivity index (χ1) is 9.76. The van der Waals surface area contributed by atoms with E-state index in [1.54, 1.807) is 0 Å². The van der Waals surface area contributed by atoms with E-state index in [9.17, 15) is 26.7 Å². The summed E-state index contributed by atoms with van der Waals surface area (Å²) in [7, 11) is 0. The molecule has 0 aliphatic carbocycles. The van der Waals surface area contributed by atoms with Gasteiger partial charge in [-0.05, 0) is 30.3 Å². The number of aromatic nitrogens is 1. The summed E-state index contributed by atoms with van der Waals surface area (Å²) in [5.74, 6) is -0.468. The number of nitrogens with zero attached hydrogens (tertiary/aromatic N) is 1. The summed E-state index contributed by atoms with van der Waals surface area (Å²) in [5.41, 5.74) is -0.800. The minimum absolute atomic E-state index is 0.150. The lowest BCUT2D eigenvalue weighted by atomic mass is 10.2. The Bertz CT molecular complexity index is 676. The van der Waals surface area contributed by atoms with E-state index in [0.29, 0.717) is 0 Å². The molecule has 1 aromatic carbocycles. The van der Waals surface area contributed by atoms with Crippen LogP contribution in [0.25, 0.3) is 5.69 Å². The third-order valence-corrected chi connectivity index (χ3v) is 2.53. The zero-order chi connectivity index (χ0) is 15.6. The molecule has 3 nitrogen and oxygen atoms in total. The summed E-state index contributed by atoms with van der Waals surface area (Å²) in [6, 6.07) is 6.26. The lowest BCUT2D eigenvalue weighted by Gasteiger charge is -2.11. The highest BCUT2D eigenvalue weighted by molar-refractivity contribution is 5.38. The number of pyridine rings is 1. The van der Waals surface area contributed by atoms with Crippen molar-refractivity contribution in [1.29, 1.82) is 0 Å². The van der Waals surface area contributed by atoms with Crippen molar-refractivity contribution in [2.24, 2.45) is 0 Å². The van der Waals surface area contributed by atoms with Crippen LogP contribution < -0.4 is 10.3 Å². The van der Waals surface area contributed by atoms with Gasteiger partial charge in [-0.25, -0.2) is 8.78 Å². The maximum absolute atomic E-state index is 12.6. The van der Waals surface area contributed by atoms with Gasteiger partial charge in [-0.15, -0.1) is 13.2 Å². The van der Waals surface area contributed by atoms with Gasteiger partial charge in [0.1, 0.15) is 5.75 Å². The van der Waals surface area contributed by atoms with E-state index in [-0.39, 0.29) is 11.3 Å². The molecule has 0 bridgehead atoms. The summed E-state index contributed by atoms with van der Waals surface area (Å²) < 4.78 is 65.8. The van der Waals surface area contributed by atoms with E-state index >= 15 is 0 Å². The van der Waals surface area contributed by atoms with E-state index in [1.807, 2.05) is 0 Å². The van der Waals surface area contributed by atoms with Gasteiger partial charge < -0.3 is 4.74 Å². The van der Waals surface area contributed by atoms with Crippen LogP contribution in [0.4, 0.5) is 22.0 Å². The minimum Gasteiger partial charge on any atom is -0.406 e. The average Bonchev–Trinajstić information content (AvgIpc) is 2.38. The number of hydrogen-bond donors (Lipinski definition) is 0. The molecule has 0 atom stereocenters. The van der Waals surface area contributed by atoms with Crippen LogP contribution >= 0.6 is 0 Å². The van der Waals surface area contributed by atoms with Crippen LogP contribution in [0.2, 0.25) is 0 Å². The lowest BCUT2D eigenvalue weighted by Crippen LogP contribution is -2.18. The molecule has 21 heavy (non-hydrogen) atoms. The van der Waals surface area contributed by atoms with Crippen LogP contribution in [0, 0.1) is 0 Å². The Morgan fingerprint density at radius 2 is 1.62 bits per heavy atom. The molecule has 0 aliphatic rings. The van der Waals surface area contributed by atoms with Gasteiger partial charge in [-0.1, -0.05) is 0 Å². The number of rotatable bonds is 3. The quantitative estimate of drug-likeness (QED) is 0.810. The molecule has 2 aromatic rings. The fourth-order valence-corrected chi connectivity index (χ4v) is 1.64. The molecule has 0 spiro atoms. The smallest absolute Gasteiger partial charge is 0.406 e. The highest BCUT2D eigenvalue weighted by Crippen LogP contribution is 2.24. The topological polar surface area (TPSA) is 31.2 Å². The van der Waals surface area contributed by atoms with Crippen LogP contribution in [-0.2, 0) is 0 Å². The lowest BCUT2D eigenvalue weighted by molar-refractivity contribution is -0.274. The Balaban J connectivity index is 2.35. The predicted molar refractivity (Wildman–Crippen MR) is 63.7 cm³/mol. The zero-order valence-corrected chi connectivity index (χ0v) is 10.3. The molecule has 1 aromatic heterocycles. The second kappa shape index (κ2) is 5.55. The SMILES string of the molecule is O=c1ccc(C(F)F)cn1-c1ccc(OC(F)(F)F)cc1. The number of benzene rings is 1. The molecule has 0 radical (unpaired) electrons. The van der Waals surface area contributed by atoms with Gasteiger partial charge in [-0.2, -0.15) is 0 Å². The number of ether oxygens (including phenoxy) is 1. The van der Waals surface area contributed by atoms with Crippen LogP contribution in [0.15, 0.2) is 47.4 Å². The molecule has 112 valence electrons. The van der Waals surface area contributed by atoms with Gasteiger partial charge in [-0.3, -0.25) is 9.36 Å². The second-order valence-electron chi connectivity index (χ2n) is 4.01. The Labute approximate surface area is 115 Å². The summed E-state index contributed by atoms with van der Waals surface area (Å²) in [5, 5.41) is 0. The molecule has 2 rings (SSSR count). The maximum Gasteiger partial charge on any atom is 0.573 e. The third kappa shape index (κ3) is 3.80. The van der Waals surface area contributed by atoms with E-state index in [1.165, 1.54) is 0 Å². The Hall–Kier alpha value is -2.38. The van der Waals surface area contributed by atoms with Crippen LogP contribution in [0.1, 0.15) is 12.0 Å². The van der Waals surface area contributed by atoms with Gasteiger partial charge in [0.05, 0.1) is 0 Å². The van der Waals surface area contributed by atoms with Gasteiger partial charge in [0.15, 0.2) is 0 Å². The second-order valence-corrected chi connectivity index (χ2v) is 4.01. The molecular weight excluding hydrogens is 297 g/mol. The summed E-state index contributed by atoms with van der Waals surface area (Å²) in [6.07, 6.45) is -6.65. The van der Waals surface area contributed by atoms with Crippen LogP contribution in [0.5, 0.6) is 5.75 Å². The van der Waals surface area contributed by atoms with Crippen molar-refractivity contribution in [3.63, 3.8) is 0 Å². The molecule has 0 aliphatic heterocycles. The molecule has 0 amide bonds. The van der Waals surface area contributed by atoms with Gasteiger partial charge in [0.2, 0.25) is 0 Å². The summed E-state index contributed by atoms with van der Waals surface area (Å²) >= 11 is 0.